The number of carbonyl (C=O) groups excluding carboxylic acids is 1. The van der Waals surface area contributed by atoms with Crippen molar-refractivity contribution in [1.82, 2.24) is 15.2 Å². The molecule has 0 aliphatic heterocycles. The molecule has 0 fully saturated rings. The zero-order valence-electron chi connectivity index (χ0n) is 18.7. The SMILES string of the molecule is CC(NC(=O)c1csc(CN(Cc2ccc(F)cc2)Cc2ccc(Cl)cc2)n1)c1ccccc1. The van der Waals surface area contributed by atoms with Crippen molar-refractivity contribution < 1.29 is 9.18 Å². The molecule has 0 aliphatic rings. The van der Waals surface area contributed by atoms with Crippen molar-refractivity contribution in [3.05, 3.63) is 122 Å². The molecule has 1 aromatic heterocycles. The molecule has 1 amide bonds. The Morgan fingerprint density at radius 3 is 2.24 bits per heavy atom. The summed E-state index contributed by atoms with van der Waals surface area (Å²) in [6.07, 6.45) is 0. The topological polar surface area (TPSA) is 45.2 Å². The van der Waals surface area contributed by atoms with Gasteiger partial charge in [0.05, 0.1) is 12.6 Å². The second-order valence-electron chi connectivity index (χ2n) is 8.13. The highest BCUT2D eigenvalue weighted by Crippen LogP contribution is 2.20. The van der Waals surface area contributed by atoms with Crippen LogP contribution in [0.4, 0.5) is 4.39 Å². The molecule has 0 radical (unpaired) electrons. The maximum absolute atomic E-state index is 13.4. The van der Waals surface area contributed by atoms with E-state index in [-0.39, 0.29) is 17.8 Å². The van der Waals surface area contributed by atoms with E-state index in [4.69, 9.17) is 11.6 Å². The Kier molecular flexibility index (Phi) is 8.06. The van der Waals surface area contributed by atoms with E-state index < -0.39 is 0 Å². The minimum absolute atomic E-state index is 0.112. The lowest BCUT2D eigenvalue weighted by atomic mass is 10.1. The van der Waals surface area contributed by atoms with Gasteiger partial charge >= 0.3 is 0 Å². The van der Waals surface area contributed by atoms with E-state index in [1.807, 2.05) is 61.5 Å². The Bertz CT molecular complexity index is 1170. The summed E-state index contributed by atoms with van der Waals surface area (Å²) >= 11 is 7.50. The van der Waals surface area contributed by atoms with Crippen LogP contribution in [0.5, 0.6) is 0 Å². The first-order chi connectivity index (χ1) is 16.5. The third-order valence-corrected chi connectivity index (χ3v) is 6.51. The van der Waals surface area contributed by atoms with Crippen molar-refractivity contribution in [2.45, 2.75) is 32.6 Å². The second-order valence-corrected chi connectivity index (χ2v) is 9.51. The zero-order valence-corrected chi connectivity index (χ0v) is 20.3. The summed E-state index contributed by atoms with van der Waals surface area (Å²) in [6.45, 7) is 3.80. The van der Waals surface area contributed by atoms with Crippen molar-refractivity contribution in [2.24, 2.45) is 0 Å². The normalized spacial score (nSPS) is 12.0. The Balaban J connectivity index is 1.45. The Morgan fingerprint density at radius 1 is 0.971 bits per heavy atom. The van der Waals surface area contributed by atoms with Gasteiger partial charge in [0.1, 0.15) is 16.5 Å². The van der Waals surface area contributed by atoms with Gasteiger partial charge in [-0.15, -0.1) is 11.3 Å². The number of thiazole rings is 1. The zero-order chi connectivity index (χ0) is 23.9. The van der Waals surface area contributed by atoms with E-state index in [0.29, 0.717) is 30.4 Å². The molecule has 1 unspecified atom stereocenters. The van der Waals surface area contributed by atoms with Crippen molar-refractivity contribution in [2.75, 3.05) is 0 Å². The molecule has 1 heterocycles. The summed E-state index contributed by atoms with van der Waals surface area (Å²) in [5.41, 5.74) is 3.56. The molecule has 0 saturated carbocycles. The van der Waals surface area contributed by atoms with Crippen LogP contribution in [-0.2, 0) is 19.6 Å². The average Bonchev–Trinajstić information content (AvgIpc) is 3.31. The van der Waals surface area contributed by atoms with Crippen LogP contribution in [0.3, 0.4) is 0 Å². The standard InChI is InChI=1S/C27H25ClFN3OS/c1-19(22-5-3-2-4-6-22)30-27(33)25-18-34-26(31-25)17-32(15-20-7-11-23(28)12-8-20)16-21-9-13-24(29)14-10-21/h2-14,18-19H,15-17H2,1H3,(H,30,33). The van der Waals surface area contributed by atoms with E-state index in [9.17, 15) is 9.18 Å². The molecule has 7 heteroatoms. The summed E-state index contributed by atoms with van der Waals surface area (Å²) in [6, 6.07) is 24.0. The summed E-state index contributed by atoms with van der Waals surface area (Å²) < 4.78 is 13.4. The lowest BCUT2D eigenvalue weighted by Gasteiger charge is -2.21. The molecule has 174 valence electrons. The van der Waals surface area contributed by atoms with Gasteiger partial charge in [-0.3, -0.25) is 9.69 Å². The predicted octanol–water partition coefficient (Wildman–Crippen LogP) is 6.63. The minimum Gasteiger partial charge on any atom is -0.344 e. The van der Waals surface area contributed by atoms with Crippen molar-refractivity contribution >= 4 is 28.8 Å². The first-order valence-electron chi connectivity index (χ1n) is 11.0. The highest BCUT2D eigenvalue weighted by molar-refractivity contribution is 7.09. The lowest BCUT2D eigenvalue weighted by molar-refractivity contribution is 0.0935. The van der Waals surface area contributed by atoms with E-state index in [0.717, 1.165) is 21.7 Å². The van der Waals surface area contributed by atoms with Crippen LogP contribution in [0.25, 0.3) is 0 Å². The molecule has 0 spiro atoms. The van der Waals surface area contributed by atoms with E-state index >= 15 is 0 Å². The van der Waals surface area contributed by atoms with E-state index in [1.54, 1.807) is 17.5 Å². The molecule has 4 aromatic rings. The third kappa shape index (κ3) is 6.73. The smallest absolute Gasteiger partial charge is 0.271 e. The van der Waals surface area contributed by atoms with Gasteiger partial charge in [0.25, 0.3) is 5.91 Å². The van der Waals surface area contributed by atoms with Crippen molar-refractivity contribution in [3.63, 3.8) is 0 Å². The fraction of sp³-hybridized carbons (Fsp3) is 0.185. The van der Waals surface area contributed by atoms with Gasteiger partial charge in [-0.05, 0) is 47.9 Å². The van der Waals surface area contributed by atoms with E-state index in [2.05, 4.69) is 15.2 Å². The molecule has 1 N–H and O–H groups in total. The number of nitrogens with zero attached hydrogens (tertiary/aromatic N) is 2. The van der Waals surface area contributed by atoms with Gasteiger partial charge < -0.3 is 5.32 Å². The largest absolute Gasteiger partial charge is 0.344 e. The van der Waals surface area contributed by atoms with Crippen LogP contribution < -0.4 is 5.32 Å². The van der Waals surface area contributed by atoms with Gasteiger partial charge in [-0.1, -0.05) is 66.2 Å². The summed E-state index contributed by atoms with van der Waals surface area (Å²) in [4.78, 5) is 19.5. The molecule has 4 nitrogen and oxygen atoms in total. The highest BCUT2D eigenvalue weighted by Gasteiger charge is 2.17. The molecule has 0 aliphatic carbocycles. The minimum atomic E-state index is -0.256. The first kappa shape index (κ1) is 24.1. The summed E-state index contributed by atoms with van der Waals surface area (Å²) in [5, 5.41) is 6.34. The third-order valence-electron chi connectivity index (χ3n) is 5.43. The van der Waals surface area contributed by atoms with Crippen LogP contribution >= 0.6 is 22.9 Å². The Morgan fingerprint density at radius 2 is 1.59 bits per heavy atom. The molecule has 0 bridgehead atoms. The van der Waals surface area contributed by atoms with Crippen molar-refractivity contribution in [1.29, 1.82) is 0 Å². The number of benzene rings is 3. The number of hydrogen-bond acceptors (Lipinski definition) is 4. The van der Waals surface area contributed by atoms with Gasteiger partial charge in [0.15, 0.2) is 0 Å². The van der Waals surface area contributed by atoms with Crippen LogP contribution in [-0.4, -0.2) is 15.8 Å². The van der Waals surface area contributed by atoms with Crippen LogP contribution in [0.2, 0.25) is 5.02 Å². The molecular formula is C27H25ClFN3OS. The molecule has 4 rings (SSSR count). The van der Waals surface area contributed by atoms with E-state index in [1.165, 1.54) is 23.5 Å². The maximum Gasteiger partial charge on any atom is 0.271 e. The van der Waals surface area contributed by atoms with Crippen LogP contribution in [0.15, 0.2) is 84.2 Å². The maximum atomic E-state index is 13.4. The molecular weight excluding hydrogens is 469 g/mol. The second kappa shape index (κ2) is 11.4. The Hall–Kier alpha value is -3.06. The molecule has 1 atom stereocenters. The number of nitrogens with one attached hydrogen (secondary N) is 1. The molecule has 0 saturated heterocycles. The average molecular weight is 494 g/mol. The summed E-state index contributed by atoms with van der Waals surface area (Å²) in [7, 11) is 0. The van der Waals surface area contributed by atoms with Crippen LogP contribution in [0, 0.1) is 5.82 Å². The number of carbonyl (C=O) groups is 1. The lowest BCUT2D eigenvalue weighted by Crippen LogP contribution is -2.27. The number of halogens is 2. The number of amides is 1. The van der Waals surface area contributed by atoms with Gasteiger partial charge in [0, 0.05) is 23.5 Å². The monoisotopic (exact) mass is 493 g/mol. The van der Waals surface area contributed by atoms with Gasteiger partial charge in [-0.25, -0.2) is 9.37 Å². The van der Waals surface area contributed by atoms with Crippen LogP contribution in [0.1, 0.15) is 45.2 Å². The fourth-order valence-corrected chi connectivity index (χ4v) is 4.58. The van der Waals surface area contributed by atoms with Gasteiger partial charge in [-0.2, -0.15) is 0 Å². The Labute approximate surface area is 208 Å². The number of rotatable bonds is 9. The number of hydrogen-bond donors (Lipinski definition) is 1. The predicted molar refractivity (Wildman–Crippen MR) is 135 cm³/mol. The molecule has 34 heavy (non-hydrogen) atoms. The highest BCUT2D eigenvalue weighted by atomic mass is 35.5. The quantitative estimate of drug-likeness (QED) is 0.284. The molecule has 3 aromatic carbocycles. The summed E-state index contributed by atoms with van der Waals surface area (Å²) in [5.74, 6) is -0.449. The van der Waals surface area contributed by atoms with Crippen molar-refractivity contribution in [3.8, 4) is 0 Å². The van der Waals surface area contributed by atoms with Gasteiger partial charge in [0.2, 0.25) is 0 Å². The first-order valence-corrected chi connectivity index (χ1v) is 12.2. The number of aromatic nitrogens is 1. The fourth-order valence-electron chi connectivity index (χ4n) is 3.64.